The minimum absolute atomic E-state index is 0.00583. The molecule has 1 heterocycles. The van der Waals surface area contributed by atoms with E-state index in [2.05, 4.69) is 5.32 Å². The summed E-state index contributed by atoms with van der Waals surface area (Å²) in [5.41, 5.74) is 1.08. The summed E-state index contributed by atoms with van der Waals surface area (Å²) < 4.78 is 4.98. The van der Waals surface area contributed by atoms with Crippen LogP contribution in [0.5, 0.6) is 0 Å². The third kappa shape index (κ3) is 1.49. The van der Waals surface area contributed by atoms with Gasteiger partial charge in [-0.25, -0.2) is 4.79 Å². The average Bonchev–Trinajstić information content (AvgIpc) is 2.47. The summed E-state index contributed by atoms with van der Waals surface area (Å²) >= 11 is 0. The Morgan fingerprint density at radius 3 is 2.54 bits per heavy atom. The summed E-state index contributed by atoms with van der Waals surface area (Å²) in [7, 11) is 0. The van der Waals surface area contributed by atoms with Gasteiger partial charge in [0.25, 0.3) is 0 Å². The van der Waals surface area contributed by atoms with Crippen LogP contribution in [-0.2, 0) is 4.74 Å². The van der Waals surface area contributed by atoms with Gasteiger partial charge in [0, 0.05) is 0 Å². The molecule has 0 aliphatic carbocycles. The number of rotatable bonds is 1. The third-order valence-electron chi connectivity index (χ3n) is 2.19. The molecular weight excluding hydrogens is 166 g/mol. The fourth-order valence-electron chi connectivity index (χ4n) is 1.53. The Morgan fingerprint density at radius 1 is 1.31 bits per heavy atom. The van der Waals surface area contributed by atoms with Crippen LogP contribution in [0.25, 0.3) is 0 Å². The molecule has 0 radical (unpaired) electrons. The normalized spacial score (nSPS) is 26.7. The lowest BCUT2D eigenvalue weighted by Crippen LogP contribution is -2.20. The number of nitrogens with one attached hydrogen (secondary N) is 1. The summed E-state index contributed by atoms with van der Waals surface area (Å²) in [6, 6.07) is 9.81. The van der Waals surface area contributed by atoms with E-state index in [0.717, 1.165) is 5.56 Å². The van der Waals surface area contributed by atoms with E-state index >= 15 is 0 Å². The van der Waals surface area contributed by atoms with Gasteiger partial charge in [-0.05, 0) is 12.5 Å². The number of carbonyl (C=O) groups is 1. The molecule has 1 N–H and O–H groups in total. The van der Waals surface area contributed by atoms with Gasteiger partial charge in [-0.15, -0.1) is 0 Å². The van der Waals surface area contributed by atoms with E-state index in [1.807, 2.05) is 37.3 Å². The van der Waals surface area contributed by atoms with E-state index in [-0.39, 0.29) is 18.2 Å². The Hall–Kier alpha value is -1.51. The van der Waals surface area contributed by atoms with Crippen molar-refractivity contribution in [3.63, 3.8) is 0 Å². The van der Waals surface area contributed by atoms with Gasteiger partial charge in [0.1, 0.15) is 6.10 Å². The first-order valence-corrected chi connectivity index (χ1v) is 4.29. The van der Waals surface area contributed by atoms with Crippen molar-refractivity contribution < 1.29 is 9.53 Å². The van der Waals surface area contributed by atoms with Gasteiger partial charge >= 0.3 is 6.09 Å². The maximum atomic E-state index is 10.9. The van der Waals surface area contributed by atoms with E-state index in [1.54, 1.807) is 0 Å². The van der Waals surface area contributed by atoms with Crippen molar-refractivity contribution in [1.82, 2.24) is 5.32 Å². The van der Waals surface area contributed by atoms with Crippen LogP contribution < -0.4 is 5.32 Å². The number of hydrogen-bond donors (Lipinski definition) is 1. The molecule has 1 fully saturated rings. The second-order valence-electron chi connectivity index (χ2n) is 3.14. The molecule has 68 valence electrons. The van der Waals surface area contributed by atoms with Crippen molar-refractivity contribution >= 4 is 6.09 Å². The summed E-state index contributed by atoms with van der Waals surface area (Å²) in [5.74, 6) is 0. The second-order valence-corrected chi connectivity index (χ2v) is 3.14. The predicted octanol–water partition coefficient (Wildman–Crippen LogP) is 1.86. The van der Waals surface area contributed by atoms with Crippen LogP contribution in [0.4, 0.5) is 4.79 Å². The van der Waals surface area contributed by atoms with Crippen LogP contribution in [-0.4, -0.2) is 12.2 Å². The zero-order valence-corrected chi connectivity index (χ0v) is 7.36. The first kappa shape index (κ1) is 8.10. The highest BCUT2D eigenvalue weighted by molar-refractivity contribution is 5.70. The number of cyclic esters (lactones) is 1. The first-order chi connectivity index (χ1) is 6.27. The highest BCUT2D eigenvalue weighted by Gasteiger charge is 2.31. The molecule has 1 aliphatic rings. The molecule has 0 spiro atoms. The van der Waals surface area contributed by atoms with E-state index in [1.165, 1.54) is 0 Å². The maximum absolute atomic E-state index is 10.9. The van der Waals surface area contributed by atoms with Crippen molar-refractivity contribution in [2.75, 3.05) is 0 Å². The molecule has 1 aliphatic heterocycles. The van der Waals surface area contributed by atoms with Gasteiger partial charge in [0.2, 0.25) is 0 Å². The molecule has 1 amide bonds. The molecule has 2 rings (SSSR count). The number of hydrogen-bond acceptors (Lipinski definition) is 2. The molecular formula is C10H11NO2. The van der Waals surface area contributed by atoms with Crippen molar-refractivity contribution in [3.05, 3.63) is 35.9 Å². The summed E-state index contributed by atoms with van der Waals surface area (Å²) in [4.78, 5) is 10.9. The largest absolute Gasteiger partial charge is 0.444 e. The van der Waals surface area contributed by atoms with Gasteiger partial charge in [-0.3, -0.25) is 0 Å². The molecule has 0 saturated carbocycles. The minimum atomic E-state index is -0.332. The summed E-state index contributed by atoms with van der Waals surface area (Å²) in [5, 5.41) is 2.76. The number of ether oxygens (including phenoxy) is 1. The molecule has 2 atom stereocenters. The Bertz CT molecular complexity index is 310. The molecule has 0 unspecified atom stereocenters. The van der Waals surface area contributed by atoms with Crippen LogP contribution in [0.15, 0.2) is 30.3 Å². The Balaban J connectivity index is 2.23. The third-order valence-corrected chi connectivity index (χ3v) is 2.19. The van der Waals surface area contributed by atoms with E-state index in [4.69, 9.17) is 4.74 Å². The summed E-state index contributed by atoms with van der Waals surface area (Å²) in [6.07, 6.45) is -0.420. The topological polar surface area (TPSA) is 38.3 Å². The molecule has 1 saturated heterocycles. The second kappa shape index (κ2) is 3.09. The highest BCUT2D eigenvalue weighted by Crippen LogP contribution is 2.23. The fourth-order valence-corrected chi connectivity index (χ4v) is 1.53. The smallest absolute Gasteiger partial charge is 0.408 e. The quantitative estimate of drug-likeness (QED) is 0.711. The van der Waals surface area contributed by atoms with Crippen molar-refractivity contribution in [3.8, 4) is 0 Å². The fraction of sp³-hybridized carbons (Fsp3) is 0.300. The molecule has 0 bridgehead atoms. The van der Waals surface area contributed by atoms with Gasteiger partial charge in [-0.2, -0.15) is 0 Å². The SMILES string of the molecule is C[C@H]1OC(=O)N[C@H]1c1ccccc1. The van der Waals surface area contributed by atoms with Crippen LogP contribution in [0.1, 0.15) is 18.5 Å². The Labute approximate surface area is 76.7 Å². The van der Waals surface area contributed by atoms with Gasteiger partial charge in [0.05, 0.1) is 6.04 Å². The van der Waals surface area contributed by atoms with Gasteiger partial charge in [0.15, 0.2) is 0 Å². The lowest BCUT2D eigenvalue weighted by Gasteiger charge is -2.12. The number of amides is 1. The molecule has 1 aromatic rings. The molecule has 0 aromatic heterocycles. The first-order valence-electron chi connectivity index (χ1n) is 4.29. The average molecular weight is 177 g/mol. The van der Waals surface area contributed by atoms with E-state index in [9.17, 15) is 4.79 Å². The van der Waals surface area contributed by atoms with Crippen molar-refractivity contribution in [2.45, 2.75) is 19.1 Å². The van der Waals surface area contributed by atoms with E-state index in [0.29, 0.717) is 0 Å². The zero-order valence-electron chi connectivity index (χ0n) is 7.36. The Morgan fingerprint density at radius 2 is 2.00 bits per heavy atom. The summed E-state index contributed by atoms with van der Waals surface area (Å²) in [6.45, 7) is 1.88. The monoisotopic (exact) mass is 177 g/mol. The predicted molar refractivity (Wildman–Crippen MR) is 48.3 cm³/mol. The van der Waals surface area contributed by atoms with Crippen LogP contribution >= 0.6 is 0 Å². The highest BCUT2D eigenvalue weighted by atomic mass is 16.6. The molecule has 1 aromatic carbocycles. The number of alkyl carbamates (subject to hydrolysis) is 1. The van der Waals surface area contributed by atoms with Gasteiger partial charge in [-0.1, -0.05) is 30.3 Å². The zero-order chi connectivity index (χ0) is 9.26. The number of benzene rings is 1. The molecule has 3 heteroatoms. The lowest BCUT2D eigenvalue weighted by atomic mass is 10.0. The minimum Gasteiger partial charge on any atom is -0.444 e. The van der Waals surface area contributed by atoms with Crippen LogP contribution in [0.3, 0.4) is 0 Å². The van der Waals surface area contributed by atoms with Gasteiger partial charge < -0.3 is 10.1 Å². The van der Waals surface area contributed by atoms with Crippen molar-refractivity contribution in [2.24, 2.45) is 0 Å². The van der Waals surface area contributed by atoms with Crippen LogP contribution in [0, 0.1) is 0 Å². The molecule has 13 heavy (non-hydrogen) atoms. The maximum Gasteiger partial charge on any atom is 0.408 e. The van der Waals surface area contributed by atoms with Crippen molar-refractivity contribution in [1.29, 1.82) is 0 Å². The van der Waals surface area contributed by atoms with Crippen LogP contribution in [0.2, 0.25) is 0 Å². The molecule has 3 nitrogen and oxygen atoms in total. The Kier molecular flexibility index (Phi) is 1.93. The number of carbonyl (C=O) groups excluding carboxylic acids is 1. The lowest BCUT2D eigenvalue weighted by molar-refractivity contribution is 0.141. The van der Waals surface area contributed by atoms with E-state index < -0.39 is 0 Å². The standard InChI is InChI=1S/C10H11NO2/c1-7-9(11-10(12)13-7)8-5-3-2-4-6-8/h2-7,9H,1H3,(H,11,12)/t7-,9-/m1/s1.